The fourth-order valence-corrected chi connectivity index (χ4v) is 2.65. The van der Waals surface area contributed by atoms with Crippen LogP contribution in [0, 0.1) is 0 Å². The van der Waals surface area contributed by atoms with E-state index in [1.807, 2.05) is 0 Å². The molecule has 144 valence electrons. The van der Waals surface area contributed by atoms with Crippen molar-refractivity contribution in [1.82, 2.24) is 0 Å². The van der Waals surface area contributed by atoms with Crippen molar-refractivity contribution in [3.05, 3.63) is 47.0 Å². The van der Waals surface area contributed by atoms with Crippen molar-refractivity contribution in [3.63, 3.8) is 0 Å². The number of alkyl halides is 9. The summed E-state index contributed by atoms with van der Waals surface area (Å²) in [6.45, 7) is -2.17. The Morgan fingerprint density at radius 1 is 0.704 bits per heavy atom. The summed E-state index contributed by atoms with van der Waals surface area (Å²) in [6, 6.07) is 1.67. The van der Waals surface area contributed by atoms with E-state index in [0.717, 1.165) is 0 Å². The summed E-state index contributed by atoms with van der Waals surface area (Å²) >= 11 is 0. The van der Waals surface area contributed by atoms with Crippen molar-refractivity contribution in [2.75, 3.05) is 0 Å². The molecule has 1 N–H and O–H groups in total. The maximum absolute atomic E-state index is 13.2. The lowest BCUT2D eigenvalue weighted by molar-refractivity contribution is -0.143. The minimum absolute atomic E-state index is 0.180. The van der Waals surface area contributed by atoms with Gasteiger partial charge in [0, 0.05) is 0 Å². The Morgan fingerprint density at radius 2 is 1.26 bits per heavy atom. The highest BCUT2D eigenvalue weighted by Crippen LogP contribution is 2.42. The quantitative estimate of drug-likeness (QED) is 0.537. The molecule has 1 aliphatic heterocycles. The summed E-state index contributed by atoms with van der Waals surface area (Å²) in [7, 11) is 0. The number of hydrogen-bond acceptors (Lipinski definition) is 2. The summed E-state index contributed by atoms with van der Waals surface area (Å²) in [5.74, 6) is -1.61. The van der Waals surface area contributed by atoms with Gasteiger partial charge in [-0.2, -0.15) is 39.5 Å². The molecule has 0 saturated carbocycles. The van der Waals surface area contributed by atoms with Crippen LogP contribution in [0.5, 0.6) is 11.5 Å². The van der Waals surface area contributed by atoms with Crippen molar-refractivity contribution in [1.29, 1.82) is 0 Å². The molecule has 2 nitrogen and oxygen atoms in total. The first kappa shape index (κ1) is 19.4. The Morgan fingerprint density at radius 3 is 1.78 bits per heavy atom. The van der Waals surface area contributed by atoms with E-state index in [-0.39, 0.29) is 12.1 Å². The maximum Gasteiger partial charge on any atom is 0.419 e. The van der Waals surface area contributed by atoms with Crippen LogP contribution < -0.4 is 15.7 Å². The molecular weight excluding hydrogens is 394 g/mol. The SMILES string of the molecule is OB1c2cc(C(F)(F)F)ccc2Oc2c1cc(C(F)(F)F)cc2C(F)(F)F. The van der Waals surface area contributed by atoms with E-state index in [1.54, 1.807) is 0 Å². The summed E-state index contributed by atoms with van der Waals surface area (Å²) in [4.78, 5) is 0. The van der Waals surface area contributed by atoms with Gasteiger partial charge in [-0.05, 0) is 41.3 Å². The lowest BCUT2D eigenvalue weighted by Crippen LogP contribution is -2.48. The molecular formula is C15H6BF9O2. The molecule has 0 unspecified atom stereocenters. The Balaban J connectivity index is 2.24. The number of benzene rings is 2. The molecule has 1 aliphatic rings. The maximum atomic E-state index is 13.2. The largest absolute Gasteiger partial charge is 0.458 e. The zero-order valence-corrected chi connectivity index (χ0v) is 12.7. The lowest BCUT2D eigenvalue weighted by atomic mass is 9.53. The van der Waals surface area contributed by atoms with Crippen LogP contribution in [0.3, 0.4) is 0 Å². The van der Waals surface area contributed by atoms with Gasteiger partial charge in [-0.15, -0.1) is 0 Å². The molecule has 0 fully saturated rings. The first-order valence-electron chi connectivity index (χ1n) is 7.09. The number of fused-ring (bicyclic) bond motifs is 2. The summed E-state index contributed by atoms with van der Waals surface area (Å²) in [5.41, 5.74) is -6.27. The van der Waals surface area contributed by atoms with E-state index in [0.29, 0.717) is 18.2 Å². The molecule has 0 aromatic heterocycles. The topological polar surface area (TPSA) is 29.5 Å². The second kappa shape index (κ2) is 5.81. The van der Waals surface area contributed by atoms with E-state index in [9.17, 15) is 44.5 Å². The lowest BCUT2D eigenvalue weighted by Gasteiger charge is -2.27. The fraction of sp³-hybridized carbons (Fsp3) is 0.200. The molecule has 2 aromatic carbocycles. The van der Waals surface area contributed by atoms with Gasteiger partial charge in [-0.1, -0.05) is 0 Å². The Kier molecular flexibility index (Phi) is 4.18. The van der Waals surface area contributed by atoms with Crippen molar-refractivity contribution in [2.24, 2.45) is 0 Å². The Hall–Kier alpha value is -2.37. The van der Waals surface area contributed by atoms with E-state index < -0.39 is 64.6 Å². The van der Waals surface area contributed by atoms with Crippen LogP contribution >= 0.6 is 0 Å². The molecule has 0 spiro atoms. The van der Waals surface area contributed by atoms with Gasteiger partial charge in [-0.3, -0.25) is 0 Å². The average molecular weight is 400 g/mol. The summed E-state index contributed by atoms with van der Waals surface area (Å²) in [5, 5.41) is 10.2. The highest BCUT2D eigenvalue weighted by Gasteiger charge is 2.44. The van der Waals surface area contributed by atoms with Crippen molar-refractivity contribution in [2.45, 2.75) is 18.5 Å². The monoisotopic (exact) mass is 400 g/mol. The van der Waals surface area contributed by atoms with E-state index in [4.69, 9.17) is 4.74 Å². The Bertz CT molecular complexity index is 900. The number of hydrogen-bond donors (Lipinski definition) is 1. The Labute approximate surface area is 145 Å². The molecule has 3 rings (SSSR count). The smallest absolute Gasteiger partial charge is 0.419 e. The van der Waals surface area contributed by atoms with Gasteiger partial charge < -0.3 is 9.76 Å². The first-order chi connectivity index (χ1) is 12.2. The second-order valence-electron chi connectivity index (χ2n) is 5.69. The van der Waals surface area contributed by atoms with Crippen LogP contribution in [0.2, 0.25) is 0 Å². The highest BCUT2D eigenvalue weighted by atomic mass is 19.4. The van der Waals surface area contributed by atoms with Crippen LogP contribution in [0.1, 0.15) is 16.7 Å². The van der Waals surface area contributed by atoms with Crippen LogP contribution in [-0.2, 0) is 18.5 Å². The summed E-state index contributed by atoms with van der Waals surface area (Å²) in [6.07, 6.45) is -15.3. The van der Waals surface area contributed by atoms with Gasteiger partial charge >= 0.3 is 25.4 Å². The molecule has 0 amide bonds. The zero-order valence-electron chi connectivity index (χ0n) is 12.7. The van der Waals surface area contributed by atoms with Crippen molar-refractivity contribution < 1.29 is 49.3 Å². The van der Waals surface area contributed by atoms with Crippen LogP contribution in [0.15, 0.2) is 30.3 Å². The van der Waals surface area contributed by atoms with Crippen LogP contribution in [-0.4, -0.2) is 11.9 Å². The fourth-order valence-electron chi connectivity index (χ4n) is 2.65. The van der Waals surface area contributed by atoms with Crippen molar-refractivity contribution in [3.8, 4) is 11.5 Å². The van der Waals surface area contributed by atoms with Gasteiger partial charge in [0.15, 0.2) is 0 Å². The third-order valence-electron chi connectivity index (χ3n) is 3.89. The zero-order chi connectivity index (χ0) is 20.4. The third-order valence-corrected chi connectivity index (χ3v) is 3.89. The van der Waals surface area contributed by atoms with Crippen molar-refractivity contribution >= 4 is 17.8 Å². The average Bonchev–Trinajstić information content (AvgIpc) is 2.51. The molecule has 27 heavy (non-hydrogen) atoms. The van der Waals surface area contributed by atoms with Crippen LogP contribution in [0.4, 0.5) is 39.5 Å². The second-order valence-corrected chi connectivity index (χ2v) is 5.69. The molecule has 0 saturated heterocycles. The minimum Gasteiger partial charge on any atom is -0.458 e. The van der Waals surface area contributed by atoms with Gasteiger partial charge in [-0.25, -0.2) is 0 Å². The standard InChI is InChI=1S/C15H6BF9O2/c17-13(18,19)6-1-2-11-9(4-6)16(26)10-5-7(14(20,21)22)3-8(12(10)27-11)15(23,24)25/h1-5,26H. The highest BCUT2D eigenvalue weighted by molar-refractivity contribution is 6.81. The van der Waals surface area contributed by atoms with Gasteiger partial charge in [0.2, 0.25) is 0 Å². The van der Waals surface area contributed by atoms with Crippen LogP contribution in [0.25, 0.3) is 0 Å². The van der Waals surface area contributed by atoms with Gasteiger partial charge in [0.05, 0.1) is 16.7 Å². The third kappa shape index (κ3) is 3.45. The molecule has 0 bridgehead atoms. The minimum atomic E-state index is -5.26. The first-order valence-corrected chi connectivity index (χ1v) is 7.09. The molecule has 2 aromatic rings. The molecule has 1 heterocycles. The summed E-state index contributed by atoms with van der Waals surface area (Å²) < 4.78 is 122. The van der Waals surface area contributed by atoms with E-state index >= 15 is 0 Å². The van der Waals surface area contributed by atoms with E-state index in [2.05, 4.69) is 0 Å². The predicted molar refractivity (Wildman–Crippen MR) is 75.2 cm³/mol. The normalized spacial score (nSPS) is 14.5. The molecule has 0 atom stereocenters. The number of rotatable bonds is 0. The van der Waals surface area contributed by atoms with Gasteiger partial charge in [0.1, 0.15) is 11.5 Å². The number of ether oxygens (including phenoxy) is 1. The predicted octanol–water partition coefficient (Wildman–Crippen LogP) is 3.95. The molecule has 12 heteroatoms. The number of halogens is 9. The molecule has 0 radical (unpaired) electrons. The molecule has 0 aliphatic carbocycles. The van der Waals surface area contributed by atoms with E-state index in [1.165, 1.54) is 0 Å². The van der Waals surface area contributed by atoms with Gasteiger partial charge in [0.25, 0.3) is 0 Å².